The van der Waals surface area contributed by atoms with Gasteiger partial charge >= 0.3 is 11.8 Å². The summed E-state index contributed by atoms with van der Waals surface area (Å²) in [4.78, 5) is 26.6. The minimum atomic E-state index is -1.08. The topological polar surface area (TPSA) is 106 Å². The predicted molar refractivity (Wildman–Crippen MR) is 94.7 cm³/mol. The normalized spacial score (nSPS) is 10.3. The lowest BCUT2D eigenvalue weighted by molar-refractivity contribution is -0.136. The molecule has 0 saturated heterocycles. The fraction of sp³-hybridized carbons (Fsp3) is 0.0556. The van der Waals surface area contributed by atoms with Gasteiger partial charge in [-0.1, -0.05) is 30.3 Å². The molecule has 0 atom stereocenters. The third-order valence-electron chi connectivity index (χ3n) is 3.63. The summed E-state index contributed by atoms with van der Waals surface area (Å²) in [6, 6.07) is 17.1. The summed E-state index contributed by atoms with van der Waals surface area (Å²) in [6.07, 6.45) is 0. The van der Waals surface area contributed by atoms with Gasteiger partial charge in [-0.15, -0.1) is 0 Å². The predicted octanol–water partition coefficient (Wildman–Crippen LogP) is 1.84. The minimum Gasteiger partial charge on any atom is -0.497 e. The number of ether oxygens (including phenoxy) is 1. The number of nitrogens with zero attached hydrogens (tertiary/aromatic N) is 1. The van der Waals surface area contributed by atoms with Crippen molar-refractivity contribution in [3.05, 3.63) is 54.6 Å². The number of nitrogens with two attached hydrogens (primary N) is 1. The standard InChI is InChI=1S/C18H16N4O3/c1-25-12-7-8-13-14(11-5-3-2-4-6-11)10-16(20-15(13)9-12)21-22-18(24)17(19)23/h2-10H,1H3,(H2,19,23)(H,20,21)(H,22,24). The molecule has 0 aliphatic heterocycles. The van der Waals surface area contributed by atoms with Crippen molar-refractivity contribution in [3.63, 3.8) is 0 Å². The van der Waals surface area contributed by atoms with E-state index in [1.165, 1.54) is 0 Å². The highest BCUT2D eigenvalue weighted by Gasteiger charge is 2.11. The molecule has 0 bridgehead atoms. The molecule has 4 N–H and O–H groups in total. The second kappa shape index (κ2) is 6.88. The van der Waals surface area contributed by atoms with E-state index in [-0.39, 0.29) is 0 Å². The van der Waals surface area contributed by atoms with Gasteiger partial charge in [0, 0.05) is 11.5 Å². The van der Waals surface area contributed by atoms with Crippen LogP contribution >= 0.6 is 0 Å². The van der Waals surface area contributed by atoms with Crippen LogP contribution in [0, 0.1) is 0 Å². The highest BCUT2D eigenvalue weighted by molar-refractivity contribution is 6.34. The van der Waals surface area contributed by atoms with Crippen LogP contribution in [0.15, 0.2) is 54.6 Å². The summed E-state index contributed by atoms with van der Waals surface area (Å²) in [6.45, 7) is 0. The molecule has 0 spiro atoms. The van der Waals surface area contributed by atoms with E-state index in [1.54, 1.807) is 19.2 Å². The zero-order valence-corrected chi connectivity index (χ0v) is 13.4. The lowest BCUT2D eigenvalue weighted by Gasteiger charge is -2.12. The molecule has 2 amide bonds. The van der Waals surface area contributed by atoms with E-state index < -0.39 is 11.8 Å². The molecule has 2 aromatic carbocycles. The third kappa shape index (κ3) is 3.50. The zero-order chi connectivity index (χ0) is 17.8. The summed E-state index contributed by atoms with van der Waals surface area (Å²) >= 11 is 0. The van der Waals surface area contributed by atoms with Gasteiger partial charge < -0.3 is 10.5 Å². The quantitative estimate of drug-likeness (QED) is 0.498. The van der Waals surface area contributed by atoms with Crippen LogP contribution < -0.4 is 21.3 Å². The van der Waals surface area contributed by atoms with Gasteiger partial charge in [0.25, 0.3) is 0 Å². The molecule has 7 nitrogen and oxygen atoms in total. The molecule has 0 fully saturated rings. The molecule has 126 valence electrons. The SMILES string of the molecule is COc1ccc2c(-c3ccccc3)cc(NNC(=O)C(N)=O)nc2c1. The molecule has 25 heavy (non-hydrogen) atoms. The van der Waals surface area contributed by atoms with Crippen molar-refractivity contribution in [1.29, 1.82) is 0 Å². The number of hydrogen-bond acceptors (Lipinski definition) is 5. The van der Waals surface area contributed by atoms with Crippen molar-refractivity contribution in [2.45, 2.75) is 0 Å². The number of rotatable bonds is 4. The van der Waals surface area contributed by atoms with E-state index in [4.69, 9.17) is 10.5 Å². The van der Waals surface area contributed by atoms with Crippen LogP contribution in [0.1, 0.15) is 0 Å². The summed E-state index contributed by atoms with van der Waals surface area (Å²) in [5.74, 6) is -1.00. The first kappa shape index (κ1) is 16.3. The van der Waals surface area contributed by atoms with Crippen molar-refractivity contribution in [1.82, 2.24) is 10.4 Å². The molecule has 0 saturated carbocycles. The average molecular weight is 336 g/mol. The highest BCUT2D eigenvalue weighted by Crippen LogP contribution is 2.31. The molecular formula is C18H16N4O3. The van der Waals surface area contributed by atoms with Crippen molar-refractivity contribution in [2.24, 2.45) is 5.73 Å². The van der Waals surface area contributed by atoms with E-state index >= 15 is 0 Å². The number of pyridine rings is 1. The lowest BCUT2D eigenvalue weighted by Crippen LogP contribution is -2.39. The third-order valence-corrected chi connectivity index (χ3v) is 3.63. The van der Waals surface area contributed by atoms with E-state index in [9.17, 15) is 9.59 Å². The Labute approximate surface area is 143 Å². The van der Waals surface area contributed by atoms with Gasteiger partial charge in [0.2, 0.25) is 0 Å². The highest BCUT2D eigenvalue weighted by atomic mass is 16.5. The molecule has 3 aromatic rings. The van der Waals surface area contributed by atoms with Crippen LogP contribution in [0.25, 0.3) is 22.0 Å². The van der Waals surface area contributed by atoms with E-state index in [2.05, 4.69) is 15.8 Å². The fourth-order valence-electron chi connectivity index (χ4n) is 2.44. The van der Waals surface area contributed by atoms with Crippen molar-refractivity contribution in [3.8, 4) is 16.9 Å². The molecule has 0 aliphatic carbocycles. The Morgan fingerprint density at radius 3 is 2.52 bits per heavy atom. The summed E-state index contributed by atoms with van der Waals surface area (Å²) in [5, 5.41) is 0.929. The Kier molecular flexibility index (Phi) is 4.47. The van der Waals surface area contributed by atoms with E-state index in [0.717, 1.165) is 16.5 Å². The van der Waals surface area contributed by atoms with Gasteiger partial charge in [0.05, 0.1) is 12.6 Å². The average Bonchev–Trinajstić information content (AvgIpc) is 2.65. The van der Waals surface area contributed by atoms with Crippen molar-refractivity contribution >= 4 is 28.5 Å². The van der Waals surface area contributed by atoms with Crippen LogP contribution in [0.4, 0.5) is 5.82 Å². The molecule has 7 heteroatoms. The number of aromatic nitrogens is 1. The van der Waals surface area contributed by atoms with Crippen LogP contribution in [-0.4, -0.2) is 23.9 Å². The van der Waals surface area contributed by atoms with Crippen LogP contribution in [0.5, 0.6) is 5.75 Å². The van der Waals surface area contributed by atoms with E-state index in [1.807, 2.05) is 42.5 Å². The Bertz CT molecular complexity index is 942. The molecular weight excluding hydrogens is 320 g/mol. The fourth-order valence-corrected chi connectivity index (χ4v) is 2.44. The van der Waals surface area contributed by atoms with E-state index in [0.29, 0.717) is 17.1 Å². The summed E-state index contributed by atoms with van der Waals surface area (Å²) in [5.41, 5.74) is 12.3. The number of primary amides is 1. The maximum atomic E-state index is 11.3. The first-order chi connectivity index (χ1) is 12.1. The Morgan fingerprint density at radius 1 is 1.08 bits per heavy atom. The van der Waals surface area contributed by atoms with Gasteiger partial charge in [-0.05, 0) is 29.3 Å². The number of hydrazine groups is 1. The largest absolute Gasteiger partial charge is 0.497 e. The monoisotopic (exact) mass is 336 g/mol. The maximum Gasteiger partial charge on any atom is 0.327 e. The smallest absolute Gasteiger partial charge is 0.327 e. The first-order valence-corrected chi connectivity index (χ1v) is 7.48. The van der Waals surface area contributed by atoms with Crippen LogP contribution in [0.3, 0.4) is 0 Å². The Balaban J connectivity index is 2.08. The number of carbonyl (C=O) groups excluding carboxylic acids is 2. The van der Waals surface area contributed by atoms with Gasteiger partial charge in [0.1, 0.15) is 11.6 Å². The number of fused-ring (bicyclic) bond motifs is 1. The lowest BCUT2D eigenvalue weighted by atomic mass is 10.0. The van der Waals surface area contributed by atoms with Gasteiger partial charge in [0.15, 0.2) is 0 Å². The Hall–Kier alpha value is -3.61. The molecule has 1 aromatic heterocycles. The zero-order valence-electron chi connectivity index (χ0n) is 13.4. The summed E-state index contributed by atoms with van der Waals surface area (Å²) < 4.78 is 5.25. The van der Waals surface area contributed by atoms with Crippen molar-refractivity contribution < 1.29 is 14.3 Å². The number of methoxy groups -OCH3 is 1. The maximum absolute atomic E-state index is 11.3. The second-order valence-corrected chi connectivity index (χ2v) is 5.25. The summed E-state index contributed by atoms with van der Waals surface area (Å²) in [7, 11) is 1.58. The molecule has 0 radical (unpaired) electrons. The minimum absolute atomic E-state index is 0.370. The van der Waals surface area contributed by atoms with Gasteiger partial charge in [-0.3, -0.25) is 20.4 Å². The Morgan fingerprint density at radius 2 is 1.84 bits per heavy atom. The number of nitrogens with one attached hydrogen (secondary N) is 2. The van der Waals surface area contributed by atoms with Crippen LogP contribution in [-0.2, 0) is 9.59 Å². The number of anilines is 1. The number of amides is 2. The molecule has 0 aliphatic rings. The molecule has 3 rings (SSSR count). The number of carbonyl (C=O) groups is 2. The first-order valence-electron chi connectivity index (χ1n) is 7.48. The molecule has 1 heterocycles. The van der Waals surface area contributed by atoms with Gasteiger partial charge in [-0.2, -0.15) is 0 Å². The molecule has 0 unspecified atom stereocenters. The van der Waals surface area contributed by atoms with Gasteiger partial charge in [-0.25, -0.2) is 4.98 Å². The van der Waals surface area contributed by atoms with Crippen LogP contribution in [0.2, 0.25) is 0 Å². The van der Waals surface area contributed by atoms with Crippen molar-refractivity contribution in [2.75, 3.05) is 12.5 Å². The number of benzene rings is 2. The second-order valence-electron chi connectivity index (χ2n) is 5.25. The number of hydrogen-bond donors (Lipinski definition) is 3.